The third kappa shape index (κ3) is 5.90. The summed E-state index contributed by atoms with van der Waals surface area (Å²) in [6, 6.07) is 61.2. The van der Waals surface area contributed by atoms with Crippen molar-refractivity contribution in [3.05, 3.63) is 203 Å². The van der Waals surface area contributed by atoms with Gasteiger partial charge in [-0.3, -0.25) is 0 Å². The molecule has 0 aliphatic heterocycles. The topological polar surface area (TPSA) is 0 Å². The molecule has 6 aromatic rings. The van der Waals surface area contributed by atoms with Crippen LogP contribution in [-0.4, -0.2) is 0 Å². The number of benzene rings is 6. The molecule has 0 saturated carbocycles. The highest BCUT2D eigenvalue weighted by molar-refractivity contribution is 7.99. The first-order valence-electron chi connectivity index (χ1n) is 13.4. The van der Waals surface area contributed by atoms with Crippen molar-refractivity contribution in [2.24, 2.45) is 0 Å². The molecule has 0 nitrogen and oxygen atoms in total. The fourth-order valence-corrected chi connectivity index (χ4v) is 6.15. The molecule has 0 fully saturated rings. The molecule has 39 heavy (non-hydrogen) atoms. The standard InChI is InChI=1S/C38H30S/c1-5-13-29(14-6-1)37(30-15-7-2-8-16-30)33-21-25-35(26-22-33)39-36-27-23-34(24-28-36)38(31-17-9-3-10-18-31)32-19-11-4-12-20-32/h1-28,37-38H. The maximum absolute atomic E-state index is 2.28. The van der Waals surface area contributed by atoms with Crippen LogP contribution in [0.4, 0.5) is 0 Å². The molecule has 0 atom stereocenters. The first-order chi connectivity index (χ1) is 19.3. The van der Waals surface area contributed by atoms with Crippen molar-refractivity contribution in [3.8, 4) is 0 Å². The van der Waals surface area contributed by atoms with Gasteiger partial charge in [0.05, 0.1) is 0 Å². The Morgan fingerprint density at radius 1 is 0.256 bits per heavy atom. The lowest BCUT2D eigenvalue weighted by Crippen LogP contribution is -2.03. The Morgan fingerprint density at radius 3 is 0.744 bits per heavy atom. The van der Waals surface area contributed by atoms with Crippen molar-refractivity contribution in [1.29, 1.82) is 0 Å². The Bertz CT molecular complexity index is 1370. The van der Waals surface area contributed by atoms with Crippen molar-refractivity contribution in [2.45, 2.75) is 21.6 Å². The molecule has 0 radical (unpaired) electrons. The lowest BCUT2D eigenvalue weighted by atomic mass is 9.85. The Labute approximate surface area is 236 Å². The molecule has 0 saturated heterocycles. The summed E-state index contributed by atoms with van der Waals surface area (Å²) in [5.74, 6) is 0.442. The average Bonchev–Trinajstić information content (AvgIpc) is 3.01. The quantitative estimate of drug-likeness (QED) is 0.181. The van der Waals surface area contributed by atoms with E-state index < -0.39 is 0 Å². The van der Waals surface area contributed by atoms with E-state index in [0.29, 0.717) is 0 Å². The van der Waals surface area contributed by atoms with Crippen molar-refractivity contribution < 1.29 is 0 Å². The summed E-state index contributed by atoms with van der Waals surface area (Å²) in [4.78, 5) is 2.49. The minimum Gasteiger partial charge on any atom is -0.0901 e. The van der Waals surface area contributed by atoms with Crippen LogP contribution in [0, 0.1) is 0 Å². The molecule has 0 aliphatic carbocycles. The normalized spacial score (nSPS) is 11.1. The highest BCUT2D eigenvalue weighted by Gasteiger charge is 2.18. The minimum atomic E-state index is 0.221. The summed E-state index contributed by atoms with van der Waals surface area (Å²) in [5, 5.41) is 0. The van der Waals surface area contributed by atoms with E-state index in [9.17, 15) is 0 Å². The van der Waals surface area contributed by atoms with Gasteiger partial charge in [0.2, 0.25) is 0 Å². The average molecular weight is 519 g/mol. The number of hydrogen-bond donors (Lipinski definition) is 0. The fourth-order valence-electron chi connectivity index (χ4n) is 5.33. The van der Waals surface area contributed by atoms with Crippen LogP contribution in [0.5, 0.6) is 0 Å². The van der Waals surface area contributed by atoms with Gasteiger partial charge in [0.1, 0.15) is 0 Å². The SMILES string of the molecule is c1ccc(C(c2ccccc2)c2ccc(Sc3ccc(C(c4ccccc4)c4ccccc4)cc3)cc2)cc1. The molecule has 6 rings (SSSR count). The van der Waals surface area contributed by atoms with Gasteiger partial charge in [-0.1, -0.05) is 157 Å². The van der Waals surface area contributed by atoms with Crippen molar-refractivity contribution in [3.63, 3.8) is 0 Å². The molecule has 1 heteroatoms. The van der Waals surface area contributed by atoms with E-state index in [2.05, 4.69) is 170 Å². The van der Waals surface area contributed by atoms with Crippen LogP contribution in [0.25, 0.3) is 0 Å². The zero-order valence-electron chi connectivity index (χ0n) is 21.7. The molecule has 0 amide bonds. The summed E-state index contributed by atoms with van der Waals surface area (Å²) in [5.41, 5.74) is 7.86. The van der Waals surface area contributed by atoms with Crippen LogP contribution < -0.4 is 0 Å². The molecule has 0 spiro atoms. The molecule has 0 aliphatic rings. The minimum absolute atomic E-state index is 0.221. The Morgan fingerprint density at radius 2 is 0.487 bits per heavy atom. The van der Waals surface area contributed by atoms with Crippen LogP contribution >= 0.6 is 11.8 Å². The molecule has 0 N–H and O–H groups in total. The van der Waals surface area contributed by atoms with Gasteiger partial charge in [0.15, 0.2) is 0 Å². The van der Waals surface area contributed by atoms with Gasteiger partial charge in [-0.15, -0.1) is 0 Å². The predicted octanol–water partition coefficient (Wildman–Crippen LogP) is 10.2. The molecule has 0 aromatic heterocycles. The Balaban J connectivity index is 1.24. The van der Waals surface area contributed by atoms with Gasteiger partial charge >= 0.3 is 0 Å². The summed E-state index contributed by atoms with van der Waals surface area (Å²) >= 11 is 1.81. The van der Waals surface area contributed by atoms with Gasteiger partial charge in [-0.2, -0.15) is 0 Å². The summed E-state index contributed by atoms with van der Waals surface area (Å²) in [7, 11) is 0. The van der Waals surface area contributed by atoms with Crippen molar-refractivity contribution >= 4 is 11.8 Å². The third-order valence-electron chi connectivity index (χ3n) is 7.19. The lowest BCUT2D eigenvalue weighted by molar-refractivity contribution is 0.973. The maximum Gasteiger partial charge on any atom is 0.0340 e. The predicted molar refractivity (Wildman–Crippen MR) is 165 cm³/mol. The monoisotopic (exact) mass is 518 g/mol. The first-order valence-corrected chi connectivity index (χ1v) is 14.2. The molecular formula is C38H30S. The molecular weight excluding hydrogens is 488 g/mol. The zero-order valence-corrected chi connectivity index (χ0v) is 22.5. The Hall–Kier alpha value is -4.33. The van der Waals surface area contributed by atoms with Crippen LogP contribution in [0.3, 0.4) is 0 Å². The molecule has 0 heterocycles. The summed E-state index contributed by atoms with van der Waals surface area (Å²) in [6.07, 6.45) is 0. The highest BCUT2D eigenvalue weighted by atomic mass is 32.2. The van der Waals surface area contributed by atoms with E-state index in [1.54, 1.807) is 0 Å². The third-order valence-corrected chi connectivity index (χ3v) is 8.21. The van der Waals surface area contributed by atoms with Crippen molar-refractivity contribution in [2.75, 3.05) is 0 Å². The van der Waals surface area contributed by atoms with Crippen LogP contribution in [0.1, 0.15) is 45.2 Å². The van der Waals surface area contributed by atoms with Crippen molar-refractivity contribution in [1.82, 2.24) is 0 Å². The number of rotatable bonds is 8. The largest absolute Gasteiger partial charge is 0.0901 e. The first kappa shape index (κ1) is 25.0. The van der Waals surface area contributed by atoms with E-state index >= 15 is 0 Å². The maximum atomic E-state index is 2.28. The zero-order chi connectivity index (χ0) is 26.3. The smallest absolute Gasteiger partial charge is 0.0340 e. The van der Waals surface area contributed by atoms with E-state index in [1.165, 1.54) is 43.2 Å². The van der Waals surface area contributed by atoms with E-state index in [1.807, 2.05) is 11.8 Å². The molecule has 188 valence electrons. The van der Waals surface area contributed by atoms with Gasteiger partial charge in [-0.05, 0) is 57.6 Å². The summed E-state index contributed by atoms with van der Waals surface area (Å²) in [6.45, 7) is 0. The second-order valence-electron chi connectivity index (χ2n) is 9.75. The van der Waals surface area contributed by atoms with E-state index in [4.69, 9.17) is 0 Å². The van der Waals surface area contributed by atoms with Crippen LogP contribution in [-0.2, 0) is 0 Å². The number of hydrogen-bond acceptors (Lipinski definition) is 1. The summed E-state index contributed by atoms with van der Waals surface area (Å²) < 4.78 is 0. The second-order valence-corrected chi connectivity index (χ2v) is 10.9. The molecule has 0 unspecified atom stereocenters. The van der Waals surface area contributed by atoms with Gasteiger partial charge in [0.25, 0.3) is 0 Å². The Kier molecular flexibility index (Phi) is 7.70. The molecule has 6 aromatic carbocycles. The van der Waals surface area contributed by atoms with E-state index in [-0.39, 0.29) is 11.8 Å². The van der Waals surface area contributed by atoms with E-state index in [0.717, 1.165) is 0 Å². The highest BCUT2D eigenvalue weighted by Crippen LogP contribution is 2.36. The van der Waals surface area contributed by atoms with Gasteiger partial charge in [0, 0.05) is 21.6 Å². The second kappa shape index (κ2) is 12.0. The van der Waals surface area contributed by atoms with Crippen LogP contribution in [0.2, 0.25) is 0 Å². The lowest BCUT2D eigenvalue weighted by Gasteiger charge is -2.20. The fraction of sp³-hybridized carbons (Fsp3) is 0.0526. The van der Waals surface area contributed by atoms with Gasteiger partial charge in [-0.25, -0.2) is 0 Å². The van der Waals surface area contributed by atoms with Crippen LogP contribution in [0.15, 0.2) is 180 Å². The van der Waals surface area contributed by atoms with Gasteiger partial charge < -0.3 is 0 Å². The molecule has 0 bridgehead atoms.